The lowest BCUT2D eigenvalue weighted by Crippen LogP contribution is -2.44. The van der Waals surface area contributed by atoms with Crippen molar-refractivity contribution in [1.82, 2.24) is 9.80 Å². The van der Waals surface area contributed by atoms with Crippen LogP contribution in [0.5, 0.6) is 0 Å². The van der Waals surface area contributed by atoms with Gasteiger partial charge in [0.2, 0.25) is 0 Å². The highest BCUT2D eigenvalue weighted by Crippen LogP contribution is 2.24. The molecule has 1 saturated heterocycles. The van der Waals surface area contributed by atoms with Crippen molar-refractivity contribution in [2.75, 3.05) is 39.0 Å². The van der Waals surface area contributed by atoms with Crippen molar-refractivity contribution in [3.8, 4) is 0 Å². The zero-order valence-corrected chi connectivity index (χ0v) is 12.2. The minimum Gasteiger partial charge on any atom is -0.384 e. The number of nitrogens with one attached hydrogen (secondary N) is 1. The molecule has 0 amide bonds. The second kappa shape index (κ2) is 5.51. The molecule has 1 atom stereocenters. The molecular formula is C16H25N3. The monoisotopic (exact) mass is 259 g/mol. The van der Waals surface area contributed by atoms with Gasteiger partial charge in [-0.15, -0.1) is 0 Å². The quantitative estimate of drug-likeness (QED) is 0.897. The van der Waals surface area contributed by atoms with Crippen molar-refractivity contribution in [2.45, 2.75) is 31.8 Å². The molecule has 1 fully saturated rings. The fourth-order valence-corrected chi connectivity index (χ4v) is 3.29. The summed E-state index contributed by atoms with van der Waals surface area (Å²) in [4.78, 5) is 4.97. The molecule has 0 aromatic heterocycles. The number of benzene rings is 1. The van der Waals surface area contributed by atoms with E-state index in [0.717, 1.165) is 19.1 Å². The highest BCUT2D eigenvalue weighted by molar-refractivity contribution is 5.57. The molecule has 3 nitrogen and oxygen atoms in total. The zero-order valence-electron chi connectivity index (χ0n) is 12.2. The van der Waals surface area contributed by atoms with Gasteiger partial charge in [0.1, 0.15) is 0 Å². The summed E-state index contributed by atoms with van der Waals surface area (Å²) in [5.41, 5.74) is 4.29. The SMILES string of the molecule is CN(C)C1CCCN(Cc2ccc3c(c2)NCC3)C1. The molecule has 1 aromatic carbocycles. The van der Waals surface area contributed by atoms with Gasteiger partial charge >= 0.3 is 0 Å². The van der Waals surface area contributed by atoms with E-state index in [1.165, 1.54) is 49.2 Å². The smallest absolute Gasteiger partial charge is 0.0376 e. The van der Waals surface area contributed by atoms with Crippen molar-refractivity contribution >= 4 is 5.69 Å². The Labute approximate surface area is 116 Å². The standard InChI is InChI=1S/C16H25N3/c1-18(2)15-4-3-9-19(12-15)11-13-5-6-14-7-8-17-16(14)10-13/h5-6,10,15,17H,3-4,7-9,11-12H2,1-2H3. The van der Waals surface area contributed by atoms with E-state index >= 15 is 0 Å². The van der Waals surface area contributed by atoms with E-state index in [9.17, 15) is 0 Å². The molecule has 3 rings (SSSR count). The first-order valence-corrected chi connectivity index (χ1v) is 7.47. The number of hydrogen-bond donors (Lipinski definition) is 1. The van der Waals surface area contributed by atoms with Crippen molar-refractivity contribution in [3.63, 3.8) is 0 Å². The Balaban J connectivity index is 1.64. The highest BCUT2D eigenvalue weighted by Gasteiger charge is 2.21. The lowest BCUT2D eigenvalue weighted by molar-refractivity contribution is 0.128. The summed E-state index contributed by atoms with van der Waals surface area (Å²) in [5, 5.41) is 3.48. The Morgan fingerprint density at radius 3 is 3.11 bits per heavy atom. The Bertz CT molecular complexity index is 442. The molecule has 1 unspecified atom stereocenters. The summed E-state index contributed by atoms with van der Waals surface area (Å²) in [6, 6.07) is 7.69. The molecule has 2 aliphatic heterocycles. The topological polar surface area (TPSA) is 18.5 Å². The minimum atomic E-state index is 0.723. The third-order valence-electron chi connectivity index (χ3n) is 4.50. The third kappa shape index (κ3) is 2.93. The second-order valence-corrected chi connectivity index (χ2v) is 6.16. The Morgan fingerprint density at radius 2 is 2.26 bits per heavy atom. The van der Waals surface area contributed by atoms with Gasteiger partial charge in [-0.25, -0.2) is 0 Å². The molecule has 0 saturated carbocycles. The normalized spacial score (nSPS) is 23.4. The fraction of sp³-hybridized carbons (Fsp3) is 0.625. The maximum atomic E-state index is 3.48. The maximum Gasteiger partial charge on any atom is 0.0376 e. The molecule has 1 aromatic rings. The largest absolute Gasteiger partial charge is 0.384 e. The predicted molar refractivity (Wildman–Crippen MR) is 80.6 cm³/mol. The zero-order chi connectivity index (χ0) is 13.2. The summed E-state index contributed by atoms with van der Waals surface area (Å²) in [5.74, 6) is 0. The Hall–Kier alpha value is -1.06. The van der Waals surface area contributed by atoms with E-state index in [-0.39, 0.29) is 0 Å². The number of rotatable bonds is 3. The van der Waals surface area contributed by atoms with Crippen molar-refractivity contribution in [3.05, 3.63) is 29.3 Å². The van der Waals surface area contributed by atoms with Gasteiger partial charge in [-0.2, -0.15) is 0 Å². The van der Waals surface area contributed by atoms with Gasteiger partial charge in [0, 0.05) is 31.4 Å². The third-order valence-corrected chi connectivity index (χ3v) is 4.50. The van der Waals surface area contributed by atoms with Crippen LogP contribution in [0.1, 0.15) is 24.0 Å². The summed E-state index contributed by atoms with van der Waals surface area (Å²) in [7, 11) is 4.40. The Kier molecular flexibility index (Phi) is 3.76. The number of nitrogens with zero attached hydrogens (tertiary/aromatic N) is 2. The number of anilines is 1. The average molecular weight is 259 g/mol. The maximum absolute atomic E-state index is 3.48. The van der Waals surface area contributed by atoms with Crippen molar-refractivity contribution in [2.24, 2.45) is 0 Å². The lowest BCUT2D eigenvalue weighted by Gasteiger charge is -2.36. The summed E-state index contributed by atoms with van der Waals surface area (Å²) in [6.07, 6.45) is 3.85. The molecule has 2 aliphatic rings. The second-order valence-electron chi connectivity index (χ2n) is 6.16. The van der Waals surface area contributed by atoms with Crippen molar-refractivity contribution in [1.29, 1.82) is 0 Å². The van der Waals surface area contributed by atoms with Crippen LogP contribution in [-0.4, -0.2) is 49.6 Å². The molecule has 3 heteroatoms. The van der Waals surface area contributed by atoms with Crippen LogP contribution in [0.25, 0.3) is 0 Å². The van der Waals surface area contributed by atoms with Gasteiger partial charge in [0.05, 0.1) is 0 Å². The average Bonchev–Trinajstić information content (AvgIpc) is 2.86. The van der Waals surface area contributed by atoms with Gasteiger partial charge in [0.15, 0.2) is 0 Å². The van der Waals surface area contributed by atoms with Crippen LogP contribution in [0.3, 0.4) is 0 Å². The molecule has 1 N–H and O–H groups in total. The van der Waals surface area contributed by atoms with Crippen LogP contribution < -0.4 is 5.32 Å². The predicted octanol–water partition coefficient (Wildman–Crippen LogP) is 2.18. The van der Waals surface area contributed by atoms with Crippen LogP contribution in [0.4, 0.5) is 5.69 Å². The first kappa shape index (κ1) is 12.9. The highest BCUT2D eigenvalue weighted by atomic mass is 15.2. The number of likely N-dealkylation sites (N-methyl/N-ethyl adjacent to an activating group) is 1. The van der Waals surface area contributed by atoms with E-state index in [2.05, 4.69) is 47.4 Å². The van der Waals surface area contributed by atoms with E-state index in [4.69, 9.17) is 0 Å². The van der Waals surface area contributed by atoms with Gasteiger partial charge in [-0.05, 0) is 57.1 Å². The number of hydrogen-bond acceptors (Lipinski definition) is 3. The van der Waals surface area contributed by atoms with Gasteiger partial charge in [-0.3, -0.25) is 4.90 Å². The molecule has 0 spiro atoms. The van der Waals surface area contributed by atoms with E-state index in [1.54, 1.807) is 0 Å². The van der Waals surface area contributed by atoms with E-state index in [0.29, 0.717) is 0 Å². The first-order chi connectivity index (χ1) is 9.22. The van der Waals surface area contributed by atoms with Gasteiger partial charge in [0.25, 0.3) is 0 Å². The van der Waals surface area contributed by atoms with Gasteiger partial charge < -0.3 is 10.2 Å². The van der Waals surface area contributed by atoms with Crippen LogP contribution in [0.2, 0.25) is 0 Å². The number of piperidine rings is 1. The molecule has 2 heterocycles. The molecule has 0 radical (unpaired) electrons. The Morgan fingerprint density at radius 1 is 1.37 bits per heavy atom. The lowest BCUT2D eigenvalue weighted by atomic mass is 10.0. The number of fused-ring (bicyclic) bond motifs is 1. The molecular weight excluding hydrogens is 234 g/mol. The molecule has 0 bridgehead atoms. The number of likely N-dealkylation sites (tertiary alicyclic amines) is 1. The molecule has 104 valence electrons. The van der Waals surface area contributed by atoms with E-state index < -0.39 is 0 Å². The van der Waals surface area contributed by atoms with Crippen LogP contribution in [-0.2, 0) is 13.0 Å². The minimum absolute atomic E-state index is 0.723. The molecule has 0 aliphatic carbocycles. The van der Waals surface area contributed by atoms with Crippen LogP contribution >= 0.6 is 0 Å². The first-order valence-electron chi connectivity index (χ1n) is 7.47. The van der Waals surface area contributed by atoms with E-state index in [1.807, 2.05) is 0 Å². The fourth-order valence-electron chi connectivity index (χ4n) is 3.29. The summed E-state index contributed by atoms with van der Waals surface area (Å²) in [6.45, 7) is 4.65. The van der Waals surface area contributed by atoms with Crippen LogP contribution in [0, 0.1) is 0 Å². The van der Waals surface area contributed by atoms with Gasteiger partial charge in [-0.1, -0.05) is 12.1 Å². The van der Waals surface area contributed by atoms with Crippen LogP contribution in [0.15, 0.2) is 18.2 Å². The molecule has 19 heavy (non-hydrogen) atoms. The summed E-state index contributed by atoms with van der Waals surface area (Å²) >= 11 is 0. The summed E-state index contributed by atoms with van der Waals surface area (Å²) < 4.78 is 0. The van der Waals surface area contributed by atoms with Crippen molar-refractivity contribution < 1.29 is 0 Å².